The van der Waals surface area contributed by atoms with Gasteiger partial charge in [0.25, 0.3) is 0 Å². The van der Waals surface area contributed by atoms with Crippen LogP contribution in [-0.2, 0) is 6.54 Å². The molecule has 0 aliphatic carbocycles. The Morgan fingerprint density at radius 2 is 2.15 bits per heavy atom. The molecule has 0 bridgehead atoms. The minimum absolute atomic E-state index is 0.808. The third-order valence-corrected chi connectivity index (χ3v) is 4.32. The maximum atomic E-state index is 4.18. The van der Waals surface area contributed by atoms with Gasteiger partial charge in [0.15, 0.2) is 0 Å². The first-order valence-electron chi connectivity index (χ1n) is 7.31. The first kappa shape index (κ1) is 15.2. The molecule has 0 unspecified atom stereocenters. The van der Waals surface area contributed by atoms with Gasteiger partial charge in [0.2, 0.25) is 0 Å². The van der Waals surface area contributed by atoms with Crippen LogP contribution in [0.5, 0.6) is 0 Å². The van der Waals surface area contributed by atoms with Gasteiger partial charge in [-0.25, -0.2) is 0 Å². The van der Waals surface area contributed by atoms with Crippen LogP contribution in [-0.4, -0.2) is 23.5 Å². The molecular formula is C17H24N2S. The minimum atomic E-state index is 0.808. The van der Waals surface area contributed by atoms with E-state index in [9.17, 15) is 0 Å². The number of nitrogens with zero attached hydrogens (tertiary/aromatic N) is 2. The van der Waals surface area contributed by atoms with E-state index in [1.54, 1.807) is 0 Å². The monoisotopic (exact) mass is 288 g/mol. The summed E-state index contributed by atoms with van der Waals surface area (Å²) < 4.78 is 0. The number of hydrogen-bond acceptors (Lipinski definition) is 3. The number of thiophene rings is 1. The fraction of sp³-hybridized carbons (Fsp3) is 0.471. The fourth-order valence-corrected chi connectivity index (χ4v) is 3.24. The fourth-order valence-electron chi connectivity index (χ4n) is 2.26. The van der Waals surface area contributed by atoms with E-state index in [4.69, 9.17) is 0 Å². The minimum Gasteiger partial charge on any atom is -0.301 e. The Bertz CT molecular complexity index is 505. The molecule has 3 heteroatoms. The van der Waals surface area contributed by atoms with Crippen molar-refractivity contribution in [2.24, 2.45) is 5.92 Å². The molecule has 0 fully saturated rings. The van der Waals surface area contributed by atoms with E-state index < -0.39 is 0 Å². The first-order valence-corrected chi connectivity index (χ1v) is 8.19. The van der Waals surface area contributed by atoms with Crippen LogP contribution in [0.15, 0.2) is 36.0 Å². The lowest BCUT2D eigenvalue weighted by Crippen LogP contribution is -2.18. The van der Waals surface area contributed by atoms with Gasteiger partial charge in [0, 0.05) is 29.4 Å². The molecule has 20 heavy (non-hydrogen) atoms. The van der Waals surface area contributed by atoms with Crippen LogP contribution in [0.1, 0.15) is 31.6 Å². The second-order valence-corrected chi connectivity index (χ2v) is 6.81. The van der Waals surface area contributed by atoms with Crippen molar-refractivity contribution >= 4 is 11.3 Å². The largest absolute Gasteiger partial charge is 0.301 e. The third kappa shape index (κ3) is 4.73. The highest BCUT2D eigenvalue weighted by Crippen LogP contribution is 2.25. The molecule has 0 amide bonds. The Labute approximate surface area is 126 Å². The molecule has 0 saturated heterocycles. The van der Waals surface area contributed by atoms with Crippen molar-refractivity contribution in [2.75, 3.05) is 13.6 Å². The van der Waals surface area contributed by atoms with Gasteiger partial charge in [0.1, 0.15) is 0 Å². The maximum absolute atomic E-state index is 4.18. The van der Waals surface area contributed by atoms with Crippen molar-refractivity contribution in [2.45, 2.75) is 33.2 Å². The Kier molecular flexibility index (Phi) is 5.74. The standard InChI is InChI=1S/C17H24N2S/c1-14(2)6-5-9-19(3)12-17-10-16(13-20-17)15-7-4-8-18-11-15/h4,7-8,10-11,13-14H,5-6,9,12H2,1-3H3. The maximum Gasteiger partial charge on any atom is 0.0346 e. The van der Waals surface area contributed by atoms with Crippen molar-refractivity contribution in [3.8, 4) is 11.1 Å². The summed E-state index contributed by atoms with van der Waals surface area (Å²) in [5.41, 5.74) is 2.49. The van der Waals surface area contributed by atoms with Gasteiger partial charge in [-0.1, -0.05) is 19.9 Å². The average Bonchev–Trinajstić information content (AvgIpc) is 2.88. The van der Waals surface area contributed by atoms with E-state index in [1.807, 2.05) is 29.8 Å². The van der Waals surface area contributed by atoms with E-state index in [0.717, 1.165) is 12.5 Å². The highest BCUT2D eigenvalue weighted by molar-refractivity contribution is 7.10. The summed E-state index contributed by atoms with van der Waals surface area (Å²) in [6.45, 7) is 6.81. The van der Waals surface area contributed by atoms with E-state index >= 15 is 0 Å². The summed E-state index contributed by atoms with van der Waals surface area (Å²) in [5.74, 6) is 0.808. The van der Waals surface area contributed by atoms with Crippen LogP contribution in [0, 0.1) is 5.92 Å². The highest BCUT2D eigenvalue weighted by atomic mass is 32.1. The van der Waals surface area contributed by atoms with Crippen molar-refractivity contribution in [3.63, 3.8) is 0 Å². The molecule has 2 rings (SSSR count). The molecule has 0 aliphatic heterocycles. The van der Waals surface area contributed by atoms with Gasteiger partial charge in [-0.05, 0) is 55.4 Å². The molecule has 0 radical (unpaired) electrons. The predicted molar refractivity (Wildman–Crippen MR) is 88.0 cm³/mol. The van der Waals surface area contributed by atoms with Crippen molar-refractivity contribution < 1.29 is 0 Å². The van der Waals surface area contributed by atoms with Gasteiger partial charge in [-0.3, -0.25) is 4.98 Å². The summed E-state index contributed by atoms with van der Waals surface area (Å²) in [7, 11) is 2.21. The summed E-state index contributed by atoms with van der Waals surface area (Å²) >= 11 is 1.84. The molecule has 0 N–H and O–H groups in total. The normalized spacial score (nSPS) is 11.4. The molecule has 0 aromatic carbocycles. The summed E-state index contributed by atoms with van der Waals surface area (Å²) in [6, 6.07) is 6.40. The molecule has 0 atom stereocenters. The number of rotatable bonds is 7. The average molecular weight is 288 g/mol. The zero-order valence-electron chi connectivity index (χ0n) is 12.7. The number of aromatic nitrogens is 1. The Hall–Kier alpha value is -1.19. The lowest BCUT2D eigenvalue weighted by molar-refractivity contribution is 0.313. The molecular weight excluding hydrogens is 264 g/mol. The molecule has 2 heterocycles. The van der Waals surface area contributed by atoms with Gasteiger partial charge in [-0.15, -0.1) is 11.3 Å². The third-order valence-electron chi connectivity index (χ3n) is 3.40. The molecule has 2 aromatic heterocycles. The zero-order chi connectivity index (χ0) is 14.4. The van der Waals surface area contributed by atoms with Crippen LogP contribution in [0.3, 0.4) is 0 Å². The predicted octanol–water partition coefficient (Wildman–Crippen LogP) is 4.68. The van der Waals surface area contributed by atoms with Gasteiger partial charge < -0.3 is 4.90 Å². The van der Waals surface area contributed by atoms with Crippen molar-refractivity contribution in [3.05, 3.63) is 40.8 Å². The van der Waals surface area contributed by atoms with E-state index in [-0.39, 0.29) is 0 Å². The topological polar surface area (TPSA) is 16.1 Å². The second-order valence-electron chi connectivity index (χ2n) is 5.82. The van der Waals surface area contributed by atoms with Crippen LogP contribution >= 0.6 is 11.3 Å². The van der Waals surface area contributed by atoms with Crippen molar-refractivity contribution in [1.29, 1.82) is 0 Å². The van der Waals surface area contributed by atoms with Crippen LogP contribution in [0.25, 0.3) is 11.1 Å². The molecule has 0 saturated carbocycles. The Balaban J connectivity index is 1.86. The van der Waals surface area contributed by atoms with Crippen LogP contribution in [0.4, 0.5) is 0 Å². The summed E-state index contributed by atoms with van der Waals surface area (Å²) in [5, 5.41) is 2.23. The quantitative estimate of drug-likeness (QED) is 0.735. The molecule has 2 aromatic rings. The van der Waals surface area contributed by atoms with Crippen molar-refractivity contribution in [1.82, 2.24) is 9.88 Å². The molecule has 108 valence electrons. The van der Waals surface area contributed by atoms with E-state index in [2.05, 4.69) is 48.3 Å². The van der Waals surface area contributed by atoms with E-state index in [1.165, 1.54) is 35.4 Å². The van der Waals surface area contributed by atoms with Gasteiger partial charge >= 0.3 is 0 Å². The summed E-state index contributed by atoms with van der Waals surface area (Å²) in [4.78, 5) is 8.03. The van der Waals surface area contributed by atoms with Gasteiger partial charge in [0.05, 0.1) is 0 Å². The Morgan fingerprint density at radius 3 is 2.85 bits per heavy atom. The lowest BCUT2D eigenvalue weighted by Gasteiger charge is -2.16. The van der Waals surface area contributed by atoms with Crippen LogP contribution in [0.2, 0.25) is 0 Å². The SMILES string of the molecule is CC(C)CCCN(C)Cc1cc(-c2cccnc2)cs1. The number of hydrogen-bond donors (Lipinski definition) is 0. The Morgan fingerprint density at radius 1 is 1.30 bits per heavy atom. The lowest BCUT2D eigenvalue weighted by atomic mass is 10.1. The second kappa shape index (κ2) is 7.55. The highest BCUT2D eigenvalue weighted by Gasteiger charge is 2.06. The molecule has 0 spiro atoms. The van der Waals surface area contributed by atoms with Gasteiger partial charge in [-0.2, -0.15) is 0 Å². The van der Waals surface area contributed by atoms with E-state index in [0.29, 0.717) is 0 Å². The summed E-state index contributed by atoms with van der Waals surface area (Å²) in [6.07, 6.45) is 6.35. The first-order chi connectivity index (χ1) is 9.65. The smallest absolute Gasteiger partial charge is 0.0346 e. The molecule has 0 aliphatic rings. The molecule has 2 nitrogen and oxygen atoms in total. The van der Waals surface area contributed by atoms with Crippen LogP contribution < -0.4 is 0 Å². The number of pyridine rings is 1. The zero-order valence-corrected chi connectivity index (χ0v) is 13.5.